The highest BCUT2D eigenvalue weighted by molar-refractivity contribution is 7.12. The summed E-state index contributed by atoms with van der Waals surface area (Å²) < 4.78 is 14.4. The maximum atomic E-state index is 14.4. The molecule has 0 spiro atoms. The summed E-state index contributed by atoms with van der Waals surface area (Å²) in [6, 6.07) is 7.71. The first-order valence-corrected chi connectivity index (χ1v) is 7.41. The van der Waals surface area contributed by atoms with Gasteiger partial charge in [0.25, 0.3) is 0 Å². The molecule has 0 radical (unpaired) electrons. The molecule has 1 unspecified atom stereocenters. The number of rotatable bonds is 4. The molecule has 1 aromatic carbocycles. The summed E-state index contributed by atoms with van der Waals surface area (Å²) in [5.74, 6) is -0.100. The van der Waals surface area contributed by atoms with Crippen molar-refractivity contribution in [1.82, 2.24) is 5.32 Å². The molecular formula is C16H20FNS. The number of benzene rings is 1. The van der Waals surface area contributed by atoms with Crippen LogP contribution in [0.3, 0.4) is 0 Å². The van der Waals surface area contributed by atoms with Crippen molar-refractivity contribution in [3.8, 4) is 0 Å². The van der Waals surface area contributed by atoms with E-state index in [9.17, 15) is 4.39 Å². The van der Waals surface area contributed by atoms with Crippen LogP contribution in [0, 0.1) is 26.6 Å². The lowest BCUT2D eigenvalue weighted by Crippen LogP contribution is -2.23. The van der Waals surface area contributed by atoms with Crippen molar-refractivity contribution in [2.75, 3.05) is 6.54 Å². The summed E-state index contributed by atoms with van der Waals surface area (Å²) in [4.78, 5) is 2.52. The number of hydrogen-bond donors (Lipinski definition) is 1. The highest BCUT2D eigenvalue weighted by Crippen LogP contribution is 2.32. The molecule has 2 rings (SSSR count). The van der Waals surface area contributed by atoms with E-state index >= 15 is 0 Å². The second-order valence-electron chi connectivity index (χ2n) is 4.84. The Morgan fingerprint density at radius 1 is 1.21 bits per heavy atom. The van der Waals surface area contributed by atoms with Crippen LogP contribution >= 0.6 is 11.3 Å². The van der Waals surface area contributed by atoms with E-state index in [-0.39, 0.29) is 11.9 Å². The molecule has 0 saturated heterocycles. The summed E-state index contributed by atoms with van der Waals surface area (Å²) in [6.45, 7) is 8.87. The van der Waals surface area contributed by atoms with E-state index in [0.29, 0.717) is 5.56 Å². The van der Waals surface area contributed by atoms with Gasteiger partial charge in [0.2, 0.25) is 0 Å². The van der Waals surface area contributed by atoms with Gasteiger partial charge in [-0.2, -0.15) is 0 Å². The van der Waals surface area contributed by atoms with Crippen molar-refractivity contribution in [3.63, 3.8) is 0 Å². The highest BCUT2D eigenvalue weighted by Gasteiger charge is 2.20. The summed E-state index contributed by atoms with van der Waals surface area (Å²) in [5.41, 5.74) is 2.63. The van der Waals surface area contributed by atoms with E-state index in [1.54, 1.807) is 11.3 Å². The van der Waals surface area contributed by atoms with Crippen LogP contribution in [-0.4, -0.2) is 6.54 Å². The Kier molecular flexibility index (Phi) is 4.38. The van der Waals surface area contributed by atoms with Gasteiger partial charge in [-0.25, -0.2) is 4.39 Å². The van der Waals surface area contributed by atoms with Gasteiger partial charge in [-0.05, 0) is 44.5 Å². The molecule has 102 valence electrons. The third-order valence-corrected chi connectivity index (χ3v) is 4.31. The number of thiophene rings is 1. The van der Waals surface area contributed by atoms with Crippen molar-refractivity contribution >= 4 is 11.3 Å². The van der Waals surface area contributed by atoms with Gasteiger partial charge in [0, 0.05) is 15.3 Å². The molecule has 2 aromatic rings. The molecule has 19 heavy (non-hydrogen) atoms. The Morgan fingerprint density at radius 3 is 2.53 bits per heavy atom. The predicted octanol–water partition coefficient (Wildman–Crippen LogP) is 4.51. The second kappa shape index (κ2) is 5.85. The zero-order valence-corrected chi connectivity index (χ0v) is 12.7. The minimum absolute atomic E-state index is 0.0603. The molecule has 1 N–H and O–H groups in total. The number of halogens is 1. The van der Waals surface area contributed by atoms with E-state index in [1.807, 2.05) is 25.1 Å². The van der Waals surface area contributed by atoms with Crippen LogP contribution in [0.1, 0.15) is 39.4 Å². The van der Waals surface area contributed by atoms with Crippen molar-refractivity contribution < 1.29 is 4.39 Å². The van der Waals surface area contributed by atoms with Crippen LogP contribution in [0.25, 0.3) is 0 Å². The van der Waals surface area contributed by atoms with Gasteiger partial charge in [-0.15, -0.1) is 11.3 Å². The molecule has 1 atom stereocenters. The van der Waals surface area contributed by atoms with E-state index in [0.717, 1.165) is 12.1 Å². The molecule has 0 amide bonds. The van der Waals surface area contributed by atoms with Gasteiger partial charge < -0.3 is 5.32 Å². The molecular weight excluding hydrogens is 257 g/mol. The molecule has 0 aliphatic heterocycles. The summed E-state index contributed by atoms with van der Waals surface area (Å²) in [5, 5.41) is 3.40. The second-order valence-corrected chi connectivity index (χ2v) is 6.30. The topological polar surface area (TPSA) is 12.0 Å². The first kappa shape index (κ1) is 14.2. The van der Waals surface area contributed by atoms with Crippen molar-refractivity contribution in [3.05, 3.63) is 56.5 Å². The first-order chi connectivity index (χ1) is 9.04. The lowest BCUT2D eigenvalue weighted by molar-refractivity contribution is 0.553. The molecule has 0 bridgehead atoms. The quantitative estimate of drug-likeness (QED) is 0.867. The minimum atomic E-state index is -0.100. The zero-order valence-electron chi connectivity index (χ0n) is 11.9. The molecule has 1 nitrogen and oxygen atoms in total. The van der Waals surface area contributed by atoms with E-state index in [4.69, 9.17) is 0 Å². The smallest absolute Gasteiger partial charge is 0.131 e. The van der Waals surface area contributed by atoms with Crippen LogP contribution in [0.5, 0.6) is 0 Å². The molecule has 1 aromatic heterocycles. The lowest BCUT2D eigenvalue weighted by Gasteiger charge is -2.20. The van der Waals surface area contributed by atoms with Gasteiger partial charge in [0.05, 0.1) is 6.04 Å². The van der Waals surface area contributed by atoms with Crippen molar-refractivity contribution in [1.29, 1.82) is 0 Å². The molecule has 0 aliphatic rings. The summed E-state index contributed by atoms with van der Waals surface area (Å²) >= 11 is 1.77. The van der Waals surface area contributed by atoms with Crippen LogP contribution in [0.2, 0.25) is 0 Å². The predicted molar refractivity (Wildman–Crippen MR) is 80.4 cm³/mol. The van der Waals surface area contributed by atoms with Crippen molar-refractivity contribution in [2.24, 2.45) is 0 Å². The standard InChI is InChI=1S/C16H20FNS/c1-5-18-16(14-9-11(3)19-12(14)4)13-8-6-7-10(2)15(13)17/h6-9,16,18H,5H2,1-4H3. The number of nitrogens with one attached hydrogen (secondary N) is 1. The minimum Gasteiger partial charge on any atom is -0.306 e. The molecule has 1 heterocycles. The van der Waals surface area contributed by atoms with Crippen LogP contribution < -0.4 is 5.32 Å². The first-order valence-electron chi connectivity index (χ1n) is 6.60. The highest BCUT2D eigenvalue weighted by atomic mass is 32.1. The average Bonchev–Trinajstić information content (AvgIpc) is 2.69. The Balaban J connectivity index is 2.51. The zero-order chi connectivity index (χ0) is 14.0. The third-order valence-electron chi connectivity index (χ3n) is 3.33. The van der Waals surface area contributed by atoms with E-state index < -0.39 is 0 Å². The summed E-state index contributed by atoms with van der Waals surface area (Å²) in [7, 11) is 0. The average molecular weight is 277 g/mol. The van der Waals surface area contributed by atoms with Crippen molar-refractivity contribution in [2.45, 2.75) is 33.7 Å². The van der Waals surface area contributed by atoms with E-state index in [1.165, 1.54) is 15.3 Å². The molecule has 0 fully saturated rings. The van der Waals surface area contributed by atoms with Gasteiger partial charge in [-0.3, -0.25) is 0 Å². The Labute approximate surface area is 118 Å². The van der Waals surface area contributed by atoms with Gasteiger partial charge >= 0.3 is 0 Å². The maximum absolute atomic E-state index is 14.4. The third kappa shape index (κ3) is 2.88. The van der Waals surface area contributed by atoms with Crippen LogP contribution in [0.4, 0.5) is 4.39 Å². The van der Waals surface area contributed by atoms with E-state index in [2.05, 4.69) is 32.2 Å². The van der Waals surface area contributed by atoms with Gasteiger partial charge in [0.15, 0.2) is 0 Å². The number of hydrogen-bond acceptors (Lipinski definition) is 2. The molecule has 3 heteroatoms. The fourth-order valence-corrected chi connectivity index (χ4v) is 3.39. The Hall–Kier alpha value is -1.19. The Bertz CT molecular complexity index is 574. The van der Waals surface area contributed by atoms with Gasteiger partial charge in [0.1, 0.15) is 5.82 Å². The maximum Gasteiger partial charge on any atom is 0.131 e. The number of aryl methyl sites for hydroxylation is 3. The normalized spacial score (nSPS) is 12.7. The molecule has 0 saturated carbocycles. The largest absolute Gasteiger partial charge is 0.306 e. The van der Waals surface area contributed by atoms with Gasteiger partial charge in [-0.1, -0.05) is 25.1 Å². The fraction of sp³-hybridized carbons (Fsp3) is 0.375. The fourth-order valence-electron chi connectivity index (χ4n) is 2.42. The van der Waals surface area contributed by atoms with Crippen LogP contribution in [-0.2, 0) is 0 Å². The summed E-state index contributed by atoms with van der Waals surface area (Å²) in [6.07, 6.45) is 0. The molecule has 0 aliphatic carbocycles. The SMILES string of the molecule is CCNC(c1cc(C)sc1C)c1cccc(C)c1F. The van der Waals surface area contributed by atoms with Crippen LogP contribution in [0.15, 0.2) is 24.3 Å². The Morgan fingerprint density at radius 2 is 1.95 bits per heavy atom. The monoisotopic (exact) mass is 277 g/mol. The lowest BCUT2D eigenvalue weighted by atomic mass is 9.97.